The van der Waals surface area contributed by atoms with E-state index in [1.165, 1.54) is 6.07 Å². The van der Waals surface area contributed by atoms with Crippen molar-refractivity contribution in [3.05, 3.63) is 29.6 Å². The quantitative estimate of drug-likeness (QED) is 0.516. The number of hydrogen-bond donors (Lipinski definition) is 0. The van der Waals surface area contributed by atoms with Crippen LogP contribution in [0.15, 0.2) is 18.2 Å². The summed E-state index contributed by atoms with van der Waals surface area (Å²) in [6, 6.07) is 4.88. The zero-order chi connectivity index (χ0) is 13.2. The molecule has 0 saturated carbocycles. The van der Waals surface area contributed by atoms with E-state index >= 15 is 0 Å². The van der Waals surface area contributed by atoms with Crippen molar-refractivity contribution in [1.29, 1.82) is 0 Å². The van der Waals surface area contributed by atoms with E-state index in [0.29, 0.717) is 37.5 Å². The fraction of sp³-hybridized carbons (Fsp3) is 0.538. The average molecular weight is 321 g/mol. The smallest absolute Gasteiger partial charge is 0.165 e. The maximum absolute atomic E-state index is 13.5. The molecule has 0 radical (unpaired) electrons. The van der Waals surface area contributed by atoms with Crippen LogP contribution in [-0.4, -0.2) is 33.5 Å². The monoisotopic (exact) mass is 320 g/mol. The van der Waals surface area contributed by atoms with Gasteiger partial charge in [-0.1, -0.05) is 28.1 Å². The fourth-order valence-corrected chi connectivity index (χ4v) is 1.87. The Balaban J connectivity index is 2.26. The van der Waals surface area contributed by atoms with Crippen molar-refractivity contribution in [2.45, 2.75) is 11.8 Å². The minimum atomic E-state index is -0.341. The zero-order valence-corrected chi connectivity index (χ0v) is 12.0. The molecule has 0 fully saturated rings. The van der Waals surface area contributed by atoms with Gasteiger partial charge in [0.1, 0.15) is 6.61 Å². The minimum Gasteiger partial charge on any atom is -0.488 e. The first-order valence-corrected chi connectivity index (χ1v) is 6.94. The standard InChI is InChI=1S/C13H18BrFO3/c1-16-6-3-7-17-8-9-18-13-11(10-14)4-2-5-12(13)15/h2,4-5H,3,6-10H2,1H3. The molecule has 0 aliphatic carbocycles. The van der Waals surface area contributed by atoms with E-state index in [1.54, 1.807) is 13.2 Å². The van der Waals surface area contributed by atoms with Crippen LogP contribution in [0.1, 0.15) is 12.0 Å². The van der Waals surface area contributed by atoms with Gasteiger partial charge in [0.2, 0.25) is 0 Å². The summed E-state index contributed by atoms with van der Waals surface area (Å²) in [6.07, 6.45) is 0.850. The highest BCUT2D eigenvalue weighted by Crippen LogP contribution is 2.24. The lowest BCUT2D eigenvalue weighted by Crippen LogP contribution is -2.10. The number of para-hydroxylation sites is 1. The molecule has 0 amide bonds. The molecule has 3 nitrogen and oxygen atoms in total. The van der Waals surface area contributed by atoms with E-state index < -0.39 is 0 Å². The molecule has 0 aliphatic rings. The second-order valence-electron chi connectivity index (χ2n) is 3.67. The molecule has 1 aromatic carbocycles. The van der Waals surface area contributed by atoms with Crippen molar-refractivity contribution >= 4 is 15.9 Å². The van der Waals surface area contributed by atoms with E-state index in [-0.39, 0.29) is 5.82 Å². The molecule has 0 N–H and O–H groups in total. The fourth-order valence-electron chi connectivity index (χ4n) is 1.43. The van der Waals surface area contributed by atoms with Gasteiger partial charge in [-0.3, -0.25) is 0 Å². The lowest BCUT2D eigenvalue weighted by atomic mass is 10.2. The lowest BCUT2D eigenvalue weighted by molar-refractivity contribution is 0.0795. The first-order valence-electron chi connectivity index (χ1n) is 5.82. The van der Waals surface area contributed by atoms with Crippen LogP contribution in [0, 0.1) is 5.82 Å². The summed E-state index contributed by atoms with van der Waals surface area (Å²) >= 11 is 3.30. The van der Waals surface area contributed by atoms with Crippen LogP contribution in [0.4, 0.5) is 4.39 Å². The molecule has 0 aliphatic heterocycles. The van der Waals surface area contributed by atoms with Crippen LogP contribution < -0.4 is 4.74 Å². The zero-order valence-electron chi connectivity index (χ0n) is 10.5. The summed E-state index contributed by atoms with van der Waals surface area (Å²) in [5, 5.41) is 0.564. The second-order valence-corrected chi connectivity index (χ2v) is 4.23. The van der Waals surface area contributed by atoms with E-state index in [0.717, 1.165) is 12.0 Å². The molecule has 1 rings (SSSR count). The third kappa shape index (κ3) is 5.33. The Bertz CT molecular complexity index is 347. The van der Waals surface area contributed by atoms with E-state index in [9.17, 15) is 4.39 Å². The van der Waals surface area contributed by atoms with Crippen molar-refractivity contribution < 1.29 is 18.6 Å². The number of rotatable bonds is 9. The van der Waals surface area contributed by atoms with Crippen molar-refractivity contribution in [1.82, 2.24) is 0 Å². The minimum absolute atomic E-state index is 0.301. The van der Waals surface area contributed by atoms with Gasteiger partial charge in [-0.15, -0.1) is 0 Å². The number of methoxy groups -OCH3 is 1. The molecular weight excluding hydrogens is 303 g/mol. The third-order valence-corrected chi connectivity index (χ3v) is 2.91. The van der Waals surface area contributed by atoms with Crippen LogP contribution in [0.25, 0.3) is 0 Å². The van der Waals surface area contributed by atoms with Gasteiger partial charge in [-0.2, -0.15) is 0 Å². The van der Waals surface area contributed by atoms with Crippen molar-refractivity contribution in [3.63, 3.8) is 0 Å². The third-order valence-electron chi connectivity index (χ3n) is 2.30. The predicted octanol–water partition coefficient (Wildman–Crippen LogP) is 3.15. The summed E-state index contributed by atoms with van der Waals surface area (Å²) in [5.41, 5.74) is 0.800. The molecule has 0 spiro atoms. The topological polar surface area (TPSA) is 27.7 Å². The highest BCUT2D eigenvalue weighted by atomic mass is 79.9. The Morgan fingerprint density at radius 3 is 2.72 bits per heavy atom. The van der Waals surface area contributed by atoms with E-state index in [4.69, 9.17) is 14.2 Å². The Kier molecular flexibility index (Phi) is 7.96. The van der Waals surface area contributed by atoms with Crippen molar-refractivity contribution in [2.75, 3.05) is 33.5 Å². The Morgan fingerprint density at radius 1 is 1.17 bits per heavy atom. The maximum atomic E-state index is 13.5. The lowest BCUT2D eigenvalue weighted by Gasteiger charge is -2.11. The van der Waals surface area contributed by atoms with Gasteiger partial charge in [-0.25, -0.2) is 4.39 Å². The van der Waals surface area contributed by atoms with Gasteiger partial charge in [0.05, 0.1) is 6.61 Å². The van der Waals surface area contributed by atoms with E-state index in [2.05, 4.69) is 15.9 Å². The average Bonchev–Trinajstić information content (AvgIpc) is 2.39. The summed E-state index contributed by atoms with van der Waals surface area (Å²) in [4.78, 5) is 0. The Morgan fingerprint density at radius 2 is 2.00 bits per heavy atom. The molecule has 18 heavy (non-hydrogen) atoms. The van der Waals surface area contributed by atoms with Crippen LogP contribution >= 0.6 is 15.9 Å². The summed E-state index contributed by atoms with van der Waals surface area (Å²) in [7, 11) is 1.66. The molecule has 0 saturated heterocycles. The molecule has 0 heterocycles. The molecule has 0 bridgehead atoms. The van der Waals surface area contributed by atoms with Crippen molar-refractivity contribution in [3.8, 4) is 5.75 Å². The molecule has 1 aromatic rings. The number of halogens is 2. The number of benzene rings is 1. The highest BCUT2D eigenvalue weighted by Gasteiger charge is 2.08. The molecule has 0 aromatic heterocycles. The molecule has 102 valence electrons. The van der Waals surface area contributed by atoms with Crippen LogP contribution in [0.2, 0.25) is 0 Å². The SMILES string of the molecule is COCCCOCCOc1c(F)cccc1CBr. The first kappa shape index (κ1) is 15.4. The van der Waals surface area contributed by atoms with E-state index in [1.807, 2.05) is 6.07 Å². The van der Waals surface area contributed by atoms with Gasteiger partial charge in [-0.05, 0) is 12.5 Å². The molecule has 0 atom stereocenters. The largest absolute Gasteiger partial charge is 0.488 e. The summed E-state index contributed by atoms with van der Waals surface area (Å²) < 4.78 is 29.1. The summed E-state index contributed by atoms with van der Waals surface area (Å²) in [5.74, 6) is -0.0406. The Labute approximate surface area is 115 Å². The normalized spacial score (nSPS) is 10.6. The van der Waals surface area contributed by atoms with Crippen molar-refractivity contribution in [2.24, 2.45) is 0 Å². The first-order chi connectivity index (χ1) is 8.79. The number of ether oxygens (including phenoxy) is 3. The summed E-state index contributed by atoms with van der Waals surface area (Å²) in [6.45, 7) is 2.09. The van der Waals surface area contributed by atoms with Crippen LogP contribution in [0.5, 0.6) is 5.75 Å². The van der Waals surface area contributed by atoms with Gasteiger partial charge in [0, 0.05) is 31.2 Å². The number of hydrogen-bond acceptors (Lipinski definition) is 3. The maximum Gasteiger partial charge on any atom is 0.165 e. The number of alkyl halides is 1. The predicted molar refractivity (Wildman–Crippen MR) is 71.8 cm³/mol. The van der Waals surface area contributed by atoms with Crippen LogP contribution in [0.3, 0.4) is 0 Å². The molecule has 0 unspecified atom stereocenters. The molecular formula is C13H18BrFO3. The molecule has 5 heteroatoms. The second kappa shape index (κ2) is 9.30. The van der Waals surface area contributed by atoms with Gasteiger partial charge >= 0.3 is 0 Å². The Hall–Kier alpha value is -0.650. The van der Waals surface area contributed by atoms with Gasteiger partial charge < -0.3 is 14.2 Å². The van der Waals surface area contributed by atoms with Crippen LogP contribution in [-0.2, 0) is 14.8 Å². The highest BCUT2D eigenvalue weighted by molar-refractivity contribution is 9.08. The van der Waals surface area contributed by atoms with Gasteiger partial charge in [0.25, 0.3) is 0 Å². The van der Waals surface area contributed by atoms with Gasteiger partial charge in [0.15, 0.2) is 11.6 Å².